The molecule has 2 aromatic carbocycles. The molecule has 7 heteroatoms. The molecule has 2 rings (SSSR count). The number of ether oxygens (including phenoxy) is 1. The molecule has 26 heavy (non-hydrogen) atoms. The van der Waals surface area contributed by atoms with Crippen molar-refractivity contribution >= 4 is 11.7 Å². The van der Waals surface area contributed by atoms with E-state index in [-0.39, 0.29) is 24.0 Å². The molecule has 0 aliphatic carbocycles. The van der Waals surface area contributed by atoms with Crippen LogP contribution in [-0.2, 0) is 11.3 Å². The quantitative estimate of drug-likeness (QED) is 0.781. The van der Waals surface area contributed by atoms with E-state index in [4.69, 9.17) is 0 Å². The monoisotopic (exact) mass is 365 g/mol. The van der Waals surface area contributed by atoms with E-state index in [1.54, 1.807) is 31.2 Å². The molecule has 0 aromatic heterocycles. The molecule has 1 atom stereocenters. The summed E-state index contributed by atoms with van der Waals surface area (Å²) in [6.07, 6.45) is -4.74. The summed E-state index contributed by atoms with van der Waals surface area (Å²) in [5, 5.41) is 2.72. The van der Waals surface area contributed by atoms with Crippen LogP contribution in [0, 0.1) is 0 Å². The maximum absolute atomic E-state index is 12.4. The summed E-state index contributed by atoms with van der Waals surface area (Å²) >= 11 is 0. The van der Waals surface area contributed by atoms with Gasteiger partial charge in [-0.25, -0.2) is 0 Å². The maximum Gasteiger partial charge on any atom is 0.573 e. The number of carbonyl (C=O) groups is 2. The number of rotatable bonds is 6. The van der Waals surface area contributed by atoms with E-state index in [9.17, 15) is 22.8 Å². The van der Waals surface area contributed by atoms with E-state index in [1.807, 2.05) is 0 Å². The molecule has 0 bridgehead atoms. The van der Waals surface area contributed by atoms with Crippen molar-refractivity contribution in [3.05, 3.63) is 65.2 Å². The standard InChI is InChI=1S/C19H18F3NO3/c1-12(16-5-3-4-6-17(16)13(2)24)18(25)23-11-14-7-9-15(10-8-14)26-19(20,21)22/h3-10,12H,11H2,1-2H3,(H,23,25). The lowest BCUT2D eigenvalue weighted by atomic mass is 9.93. The van der Waals surface area contributed by atoms with Gasteiger partial charge in [-0.15, -0.1) is 13.2 Å². The normalized spacial score (nSPS) is 12.3. The zero-order valence-corrected chi connectivity index (χ0v) is 14.3. The van der Waals surface area contributed by atoms with Crippen molar-refractivity contribution in [1.82, 2.24) is 5.32 Å². The van der Waals surface area contributed by atoms with Crippen LogP contribution in [0.5, 0.6) is 5.75 Å². The Bertz CT molecular complexity index is 785. The number of carbonyl (C=O) groups excluding carboxylic acids is 2. The highest BCUT2D eigenvalue weighted by molar-refractivity contribution is 5.97. The Morgan fingerprint density at radius 2 is 1.69 bits per heavy atom. The van der Waals surface area contributed by atoms with Gasteiger partial charge in [0.25, 0.3) is 0 Å². The van der Waals surface area contributed by atoms with Crippen molar-refractivity contribution in [2.45, 2.75) is 32.7 Å². The van der Waals surface area contributed by atoms with Crippen LogP contribution in [0.4, 0.5) is 13.2 Å². The third kappa shape index (κ3) is 5.34. The highest BCUT2D eigenvalue weighted by Gasteiger charge is 2.31. The van der Waals surface area contributed by atoms with Crippen molar-refractivity contribution in [3.63, 3.8) is 0 Å². The van der Waals surface area contributed by atoms with Gasteiger partial charge in [-0.1, -0.05) is 36.4 Å². The van der Waals surface area contributed by atoms with E-state index < -0.39 is 12.3 Å². The first-order valence-corrected chi connectivity index (χ1v) is 7.89. The summed E-state index contributed by atoms with van der Waals surface area (Å²) < 4.78 is 40.2. The molecule has 0 heterocycles. The third-order valence-corrected chi connectivity index (χ3v) is 3.82. The number of nitrogens with one attached hydrogen (secondary N) is 1. The maximum atomic E-state index is 12.4. The van der Waals surface area contributed by atoms with Crippen LogP contribution in [0.1, 0.15) is 41.3 Å². The number of ketones is 1. The lowest BCUT2D eigenvalue weighted by Crippen LogP contribution is -2.28. The van der Waals surface area contributed by atoms with Crippen molar-refractivity contribution in [2.24, 2.45) is 0 Å². The molecule has 0 aliphatic heterocycles. The van der Waals surface area contributed by atoms with Gasteiger partial charge in [0.2, 0.25) is 5.91 Å². The Balaban J connectivity index is 1.99. The smallest absolute Gasteiger partial charge is 0.406 e. The summed E-state index contributed by atoms with van der Waals surface area (Å²) in [5.41, 5.74) is 1.75. The fourth-order valence-electron chi connectivity index (χ4n) is 2.49. The van der Waals surface area contributed by atoms with E-state index >= 15 is 0 Å². The van der Waals surface area contributed by atoms with Crippen molar-refractivity contribution in [3.8, 4) is 5.75 Å². The SMILES string of the molecule is CC(=O)c1ccccc1C(C)C(=O)NCc1ccc(OC(F)(F)F)cc1. The van der Waals surface area contributed by atoms with Gasteiger partial charge in [0.05, 0.1) is 5.92 Å². The first-order valence-electron chi connectivity index (χ1n) is 7.89. The Morgan fingerprint density at radius 1 is 1.08 bits per heavy atom. The Hall–Kier alpha value is -2.83. The highest BCUT2D eigenvalue weighted by atomic mass is 19.4. The topological polar surface area (TPSA) is 55.4 Å². The zero-order chi connectivity index (χ0) is 19.3. The van der Waals surface area contributed by atoms with Crippen molar-refractivity contribution in [2.75, 3.05) is 0 Å². The average Bonchev–Trinajstić information content (AvgIpc) is 2.58. The molecule has 0 saturated heterocycles. The lowest BCUT2D eigenvalue weighted by molar-refractivity contribution is -0.274. The Morgan fingerprint density at radius 3 is 2.27 bits per heavy atom. The third-order valence-electron chi connectivity index (χ3n) is 3.82. The van der Waals surface area contributed by atoms with E-state index in [0.29, 0.717) is 16.7 Å². The molecule has 0 spiro atoms. The summed E-state index contributed by atoms with van der Waals surface area (Å²) in [4.78, 5) is 24.0. The minimum absolute atomic E-state index is 0.125. The summed E-state index contributed by atoms with van der Waals surface area (Å²) in [5.74, 6) is -1.27. The Kier molecular flexibility index (Phi) is 6.02. The van der Waals surface area contributed by atoms with Gasteiger partial charge in [-0.2, -0.15) is 0 Å². The predicted molar refractivity (Wildman–Crippen MR) is 89.8 cm³/mol. The van der Waals surface area contributed by atoms with Gasteiger partial charge in [-0.05, 0) is 37.1 Å². The molecule has 0 aliphatic rings. The minimum atomic E-state index is -4.74. The molecule has 1 amide bonds. The molecule has 2 aromatic rings. The van der Waals surface area contributed by atoms with Gasteiger partial charge in [0.1, 0.15) is 5.75 Å². The van der Waals surface area contributed by atoms with Crippen molar-refractivity contribution < 1.29 is 27.5 Å². The second-order valence-corrected chi connectivity index (χ2v) is 5.77. The number of Topliss-reactive ketones (excluding diaryl/α,β-unsaturated/α-hetero) is 1. The average molecular weight is 365 g/mol. The van der Waals surface area contributed by atoms with E-state index in [1.165, 1.54) is 31.2 Å². The van der Waals surface area contributed by atoms with E-state index in [0.717, 1.165) is 0 Å². The highest BCUT2D eigenvalue weighted by Crippen LogP contribution is 2.23. The second-order valence-electron chi connectivity index (χ2n) is 5.77. The predicted octanol–water partition coefficient (Wildman–Crippen LogP) is 4.21. The van der Waals surface area contributed by atoms with Crippen LogP contribution in [-0.4, -0.2) is 18.1 Å². The number of hydrogen-bond acceptors (Lipinski definition) is 3. The zero-order valence-electron chi connectivity index (χ0n) is 14.3. The fourth-order valence-corrected chi connectivity index (χ4v) is 2.49. The van der Waals surface area contributed by atoms with E-state index in [2.05, 4.69) is 10.1 Å². The minimum Gasteiger partial charge on any atom is -0.406 e. The van der Waals surface area contributed by atoms with Crippen LogP contribution < -0.4 is 10.1 Å². The molecule has 0 fully saturated rings. The van der Waals surface area contributed by atoms with Gasteiger partial charge < -0.3 is 10.1 Å². The summed E-state index contributed by atoms with van der Waals surface area (Å²) in [6.45, 7) is 3.28. The van der Waals surface area contributed by atoms with Crippen LogP contribution in [0.3, 0.4) is 0 Å². The van der Waals surface area contributed by atoms with Crippen molar-refractivity contribution in [1.29, 1.82) is 0 Å². The number of amides is 1. The van der Waals surface area contributed by atoms with Gasteiger partial charge in [0.15, 0.2) is 5.78 Å². The molecule has 138 valence electrons. The van der Waals surface area contributed by atoms with Crippen LogP contribution in [0.2, 0.25) is 0 Å². The largest absolute Gasteiger partial charge is 0.573 e. The fraction of sp³-hybridized carbons (Fsp3) is 0.263. The van der Waals surface area contributed by atoms with Gasteiger partial charge in [-0.3, -0.25) is 9.59 Å². The number of benzene rings is 2. The summed E-state index contributed by atoms with van der Waals surface area (Å²) in [6, 6.07) is 12.1. The first kappa shape index (κ1) is 19.5. The number of alkyl halides is 3. The van der Waals surface area contributed by atoms with Crippen LogP contribution in [0.15, 0.2) is 48.5 Å². The number of hydrogen-bond donors (Lipinski definition) is 1. The first-order chi connectivity index (χ1) is 12.2. The molecule has 1 unspecified atom stereocenters. The molecular formula is C19H18F3NO3. The summed E-state index contributed by atoms with van der Waals surface area (Å²) in [7, 11) is 0. The molecule has 0 radical (unpaired) electrons. The van der Waals surface area contributed by atoms with Gasteiger partial charge in [0, 0.05) is 12.1 Å². The molecule has 0 saturated carbocycles. The van der Waals surface area contributed by atoms with Crippen LogP contribution in [0.25, 0.3) is 0 Å². The molecular weight excluding hydrogens is 347 g/mol. The molecule has 1 N–H and O–H groups in total. The van der Waals surface area contributed by atoms with Crippen LogP contribution >= 0.6 is 0 Å². The second kappa shape index (κ2) is 8.03. The number of halogens is 3. The van der Waals surface area contributed by atoms with Gasteiger partial charge >= 0.3 is 6.36 Å². The molecule has 4 nitrogen and oxygen atoms in total. The Labute approximate surface area is 149 Å². The lowest BCUT2D eigenvalue weighted by Gasteiger charge is -2.15.